The summed E-state index contributed by atoms with van der Waals surface area (Å²) in [6.45, 7) is 1.85. The predicted molar refractivity (Wildman–Crippen MR) is 105 cm³/mol. The van der Waals surface area contributed by atoms with Gasteiger partial charge in [-0.1, -0.05) is 92.8 Å². The van der Waals surface area contributed by atoms with Gasteiger partial charge in [-0.15, -0.1) is 0 Å². The summed E-state index contributed by atoms with van der Waals surface area (Å²) in [6, 6.07) is 21.1. The molecule has 0 spiro atoms. The highest BCUT2D eigenvalue weighted by Gasteiger charge is 2.33. The van der Waals surface area contributed by atoms with E-state index < -0.39 is 5.60 Å². The van der Waals surface area contributed by atoms with E-state index in [0.29, 0.717) is 0 Å². The van der Waals surface area contributed by atoms with Crippen LogP contribution in [-0.4, -0.2) is 20.2 Å². The molecule has 134 valence electrons. The van der Waals surface area contributed by atoms with Crippen LogP contribution in [0.1, 0.15) is 49.7 Å². The first-order chi connectivity index (χ1) is 12.3. The molecule has 0 heterocycles. The highest BCUT2D eigenvalue weighted by molar-refractivity contribution is 5.37. The second kappa shape index (κ2) is 9.17. The summed E-state index contributed by atoms with van der Waals surface area (Å²) in [5.41, 5.74) is 1.97. The maximum Gasteiger partial charge on any atom is 0.130 e. The van der Waals surface area contributed by atoms with E-state index >= 15 is 0 Å². The summed E-state index contributed by atoms with van der Waals surface area (Å²) < 4.78 is 6.12. The van der Waals surface area contributed by atoms with Gasteiger partial charge in [0, 0.05) is 13.7 Å². The van der Waals surface area contributed by atoms with Crippen molar-refractivity contribution in [2.24, 2.45) is 5.92 Å². The lowest BCUT2D eigenvalue weighted by Crippen LogP contribution is -2.41. The molecule has 0 saturated heterocycles. The van der Waals surface area contributed by atoms with Crippen LogP contribution in [0.5, 0.6) is 0 Å². The zero-order valence-electron chi connectivity index (χ0n) is 15.4. The summed E-state index contributed by atoms with van der Waals surface area (Å²) in [6.07, 6.45) is 8.38. The van der Waals surface area contributed by atoms with E-state index in [1.807, 2.05) is 7.11 Å². The normalized spacial score (nSPS) is 15.1. The van der Waals surface area contributed by atoms with Gasteiger partial charge in [0.25, 0.3) is 0 Å². The minimum absolute atomic E-state index is 0.434. The molecule has 1 saturated carbocycles. The third-order valence-corrected chi connectivity index (χ3v) is 5.64. The monoisotopic (exact) mass is 337 g/mol. The molecule has 1 N–H and O–H groups in total. The van der Waals surface area contributed by atoms with Crippen molar-refractivity contribution in [1.82, 2.24) is 5.32 Å². The fourth-order valence-electron chi connectivity index (χ4n) is 3.82. The van der Waals surface area contributed by atoms with Crippen molar-refractivity contribution in [2.75, 3.05) is 20.2 Å². The average Bonchev–Trinajstić information content (AvgIpc) is 2.64. The number of hydrogen-bond donors (Lipinski definition) is 1. The van der Waals surface area contributed by atoms with Crippen LogP contribution in [0.2, 0.25) is 0 Å². The molecular weight excluding hydrogens is 306 g/mol. The molecule has 3 rings (SSSR count). The number of rotatable bonds is 10. The Labute approximate surface area is 152 Å². The topological polar surface area (TPSA) is 21.3 Å². The standard InChI is InChI=1S/C23H31NO/c1-25-23(21-14-4-2-5-15-21,22-16-6-3-7-17-22)19-24-18-9-8-11-20-12-10-13-20/h2-7,14-17,20,24H,8-13,18-19H2,1H3. The largest absolute Gasteiger partial charge is 0.367 e. The molecule has 2 aromatic carbocycles. The Hall–Kier alpha value is -1.64. The van der Waals surface area contributed by atoms with Crippen molar-refractivity contribution in [1.29, 1.82) is 0 Å². The van der Waals surface area contributed by atoms with Crippen molar-refractivity contribution < 1.29 is 4.74 Å². The lowest BCUT2D eigenvalue weighted by atomic mass is 9.82. The second-order valence-electron chi connectivity index (χ2n) is 7.23. The molecule has 1 aliphatic rings. The van der Waals surface area contributed by atoms with Gasteiger partial charge in [-0.3, -0.25) is 0 Å². The molecule has 0 bridgehead atoms. The smallest absolute Gasteiger partial charge is 0.130 e. The Morgan fingerprint density at radius 1 is 0.920 bits per heavy atom. The SMILES string of the molecule is COC(CNCCCCC1CCC1)(c1ccccc1)c1ccccc1. The molecular formula is C23H31NO. The van der Waals surface area contributed by atoms with Gasteiger partial charge in [0.15, 0.2) is 0 Å². The van der Waals surface area contributed by atoms with Crippen molar-refractivity contribution in [2.45, 2.75) is 44.1 Å². The van der Waals surface area contributed by atoms with Gasteiger partial charge in [0.1, 0.15) is 5.60 Å². The molecule has 0 atom stereocenters. The molecule has 25 heavy (non-hydrogen) atoms. The van der Waals surface area contributed by atoms with Crippen LogP contribution < -0.4 is 5.32 Å². The van der Waals surface area contributed by atoms with Crippen LogP contribution in [0.15, 0.2) is 60.7 Å². The Morgan fingerprint density at radius 2 is 1.52 bits per heavy atom. The predicted octanol–water partition coefficient (Wildman–Crippen LogP) is 5.14. The van der Waals surface area contributed by atoms with Gasteiger partial charge >= 0.3 is 0 Å². The molecule has 2 heteroatoms. The molecule has 1 aliphatic carbocycles. The van der Waals surface area contributed by atoms with Crippen LogP contribution in [-0.2, 0) is 10.3 Å². The number of methoxy groups -OCH3 is 1. The van der Waals surface area contributed by atoms with Crippen LogP contribution in [0.3, 0.4) is 0 Å². The Morgan fingerprint density at radius 3 is 2.00 bits per heavy atom. The van der Waals surface area contributed by atoms with Crippen molar-refractivity contribution in [3.63, 3.8) is 0 Å². The van der Waals surface area contributed by atoms with Gasteiger partial charge in [0.05, 0.1) is 0 Å². The Bertz CT molecular complexity index is 567. The molecule has 0 aromatic heterocycles. The van der Waals surface area contributed by atoms with Gasteiger partial charge in [-0.2, -0.15) is 0 Å². The van der Waals surface area contributed by atoms with E-state index in [1.165, 1.54) is 49.7 Å². The van der Waals surface area contributed by atoms with Gasteiger partial charge in [-0.05, 0) is 30.0 Å². The lowest BCUT2D eigenvalue weighted by Gasteiger charge is -2.34. The summed E-state index contributed by atoms with van der Waals surface area (Å²) in [7, 11) is 1.82. The number of nitrogens with one attached hydrogen (secondary N) is 1. The van der Waals surface area contributed by atoms with E-state index in [0.717, 1.165) is 19.0 Å². The fourth-order valence-corrected chi connectivity index (χ4v) is 3.82. The number of ether oxygens (including phenoxy) is 1. The molecule has 0 aliphatic heterocycles. The van der Waals surface area contributed by atoms with Crippen LogP contribution in [0.25, 0.3) is 0 Å². The Balaban J connectivity index is 1.62. The molecule has 0 radical (unpaired) electrons. The minimum atomic E-state index is -0.434. The zero-order chi connectivity index (χ0) is 17.4. The van der Waals surface area contributed by atoms with E-state index in [1.54, 1.807) is 0 Å². The molecule has 1 fully saturated rings. The molecule has 2 nitrogen and oxygen atoms in total. The fraction of sp³-hybridized carbons (Fsp3) is 0.478. The van der Waals surface area contributed by atoms with Crippen molar-refractivity contribution in [3.05, 3.63) is 71.8 Å². The van der Waals surface area contributed by atoms with Crippen molar-refractivity contribution >= 4 is 0 Å². The maximum absolute atomic E-state index is 6.12. The first kappa shape index (κ1) is 18.2. The van der Waals surface area contributed by atoms with Crippen LogP contribution in [0, 0.1) is 5.92 Å². The van der Waals surface area contributed by atoms with E-state index in [-0.39, 0.29) is 0 Å². The summed E-state index contributed by atoms with van der Waals surface area (Å²) in [4.78, 5) is 0. The number of benzene rings is 2. The summed E-state index contributed by atoms with van der Waals surface area (Å²) in [5, 5.41) is 3.66. The lowest BCUT2D eigenvalue weighted by molar-refractivity contribution is 0.0224. The third kappa shape index (κ3) is 4.50. The highest BCUT2D eigenvalue weighted by Crippen LogP contribution is 2.33. The first-order valence-corrected chi connectivity index (χ1v) is 9.72. The van der Waals surface area contributed by atoms with E-state index in [4.69, 9.17) is 4.74 Å². The van der Waals surface area contributed by atoms with Crippen LogP contribution in [0.4, 0.5) is 0 Å². The van der Waals surface area contributed by atoms with Gasteiger partial charge < -0.3 is 10.1 Å². The zero-order valence-corrected chi connectivity index (χ0v) is 15.4. The minimum Gasteiger partial charge on any atom is -0.367 e. The summed E-state index contributed by atoms with van der Waals surface area (Å²) >= 11 is 0. The molecule has 0 unspecified atom stereocenters. The average molecular weight is 338 g/mol. The maximum atomic E-state index is 6.12. The van der Waals surface area contributed by atoms with E-state index in [2.05, 4.69) is 66.0 Å². The van der Waals surface area contributed by atoms with Gasteiger partial charge in [0.2, 0.25) is 0 Å². The quantitative estimate of drug-likeness (QED) is 0.606. The van der Waals surface area contributed by atoms with Gasteiger partial charge in [-0.25, -0.2) is 0 Å². The summed E-state index contributed by atoms with van der Waals surface area (Å²) in [5.74, 6) is 1.02. The third-order valence-electron chi connectivity index (χ3n) is 5.64. The highest BCUT2D eigenvalue weighted by atomic mass is 16.5. The Kier molecular flexibility index (Phi) is 6.66. The molecule has 2 aromatic rings. The second-order valence-corrected chi connectivity index (χ2v) is 7.23. The van der Waals surface area contributed by atoms with Crippen molar-refractivity contribution in [3.8, 4) is 0 Å². The van der Waals surface area contributed by atoms with Crippen LogP contribution >= 0.6 is 0 Å². The molecule has 0 amide bonds. The number of hydrogen-bond acceptors (Lipinski definition) is 2. The van der Waals surface area contributed by atoms with E-state index in [9.17, 15) is 0 Å². The number of unbranched alkanes of at least 4 members (excludes halogenated alkanes) is 1. The first-order valence-electron chi connectivity index (χ1n) is 9.72.